The van der Waals surface area contributed by atoms with Gasteiger partial charge in [0, 0.05) is 0 Å². The van der Waals surface area contributed by atoms with E-state index in [1.807, 2.05) is 0 Å². The molecule has 0 heterocycles. The lowest BCUT2D eigenvalue weighted by Gasteiger charge is -2.29. The third-order valence-corrected chi connectivity index (χ3v) is 6.14. The molecule has 2 aliphatic rings. The maximum atomic E-state index is 14.1. The van der Waals surface area contributed by atoms with Crippen LogP contribution in [0.2, 0.25) is 0 Å². The van der Waals surface area contributed by atoms with Gasteiger partial charge in [0.05, 0.1) is 12.7 Å². The molecule has 0 spiro atoms. The van der Waals surface area contributed by atoms with Crippen molar-refractivity contribution in [2.45, 2.75) is 116 Å². The Balaban J connectivity index is 1.49. The molecule has 1 nitrogen and oxygen atoms in total. The zero-order chi connectivity index (χ0) is 16.3. The van der Waals surface area contributed by atoms with Crippen LogP contribution in [0, 0.1) is 11.8 Å². The first-order valence-electron chi connectivity index (χ1n) is 10.5. The van der Waals surface area contributed by atoms with Gasteiger partial charge in [-0.1, -0.05) is 77.6 Å². The normalized spacial score (nSPS) is 27.9. The standard InChI is InChI=1S/C21H39FO/c1-2-3-5-8-18-11-13-19(14-12-18)15-16-20(22)17-23-21-9-6-4-7-10-21/h18-21H,2-17H2,1H3. The molecule has 1 unspecified atom stereocenters. The highest BCUT2D eigenvalue weighted by molar-refractivity contribution is 4.74. The summed E-state index contributed by atoms with van der Waals surface area (Å²) in [5.74, 6) is 1.75. The lowest BCUT2D eigenvalue weighted by molar-refractivity contribution is -0.00370. The molecule has 0 aromatic heterocycles. The van der Waals surface area contributed by atoms with Crippen LogP contribution in [0.3, 0.4) is 0 Å². The van der Waals surface area contributed by atoms with Crippen LogP contribution in [0.4, 0.5) is 4.39 Å². The molecular weight excluding hydrogens is 287 g/mol. The summed E-state index contributed by atoms with van der Waals surface area (Å²) in [5.41, 5.74) is 0. The van der Waals surface area contributed by atoms with Crippen LogP contribution in [-0.4, -0.2) is 18.9 Å². The van der Waals surface area contributed by atoms with Gasteiger partial charge in [0.25, 0.3) is 0 Å². The Morgan fingerprint density at radius 1 is 0.870 bits per heavy atom. The van der Waals surface area contributed by atoms with Crippen LogP contribution in [0.1, 0.15) is 103 Å². The Bertz CT molecular complexity index is 280. The Labute approximate surface area is 143 Å². The van der Waals surface area contributed by atoms with E-state index in [2.05, 4.69) is 6.92 Å². The van der Waals surface area contributed by atoms with Crippen LogP contribution in [0.5, 0.6) is 0 Å². The van der Waals surface area contributed by atoms with E-state index < -0.39 is 6.17 Å². The summed E-state index contributed by atoms with van der Waals surface area (Å²) in [6.07, 6.45) is 18.6. The average Bonchev–Trinajstić information content (AvgIpc) is 2.60. The second-order valence-corrected chi connectivity index (χ2v) is 8.15. The minimum Gasteiger partial charge on any atom is -0.375 e. The summed E-state index contributed by atoms with van der Waals surface area (Å²) < 4.78 is 19.9. The maximum Gasteiger partial charge on any atom is 0.123 e. The highest BCUT2D eigenvalue weighted by Gasteiger charge is 2.22. The molecule has 2 saturated carbocycles. The predicted molar refractivity (Wildman–Crippen MR) is 96.5 cm³/mol. The zero-order valence-corrected chi connectivity index (χ0v) is 15.4. The van der Waals surface area contributed by atoms with Crippen molar-refractivity contribution in [3.63, 3.8) is 0 Å². The van der Waals surface area contributed by atoms with Gasteiger partial charge in [0.2, 0.25) is 0 Å². The van der Waals surface area contributed by atoms with Crippen LogP contribution in [0.25, 0.3) is 0 Å². The van der Waals surface area contributed by atoms with Gasteiger partial charge in [0.15, 0.2) is 0 Å². The van der Waals surface area contributed by atoms with E-state index in [1.165, 1.54) is 70.6 Å². The van der Waals surface area contributed by atoms with Crippen molar-refractivity contribution in [2.75, 3.05) is 6.61 Å². The molecule has 0 N–H and O–H groups in total. The monoisotopic (exact) mass is 326 g/mol. The van der Waals surface area contributed by atoms with Crippen LogP contribution >= 0.6 is 0 Å². The van der Waals surface area contributed by atoms with E-state index in [4.69, 9.17) is 4.74 Å². The van der Waals surface area contributed by atoms with Crippen molar-refractivity contribution in [1.82, 2.24) is 0 Å². The van der Waals surface area contributed by atoms with Gasteiger partial charge in [-0.15, -0.1) is 0 Å². The van der Waals surface area contributed by atoms with Gasteiger partial charge in [-0.25, -0.2) is 4.39 Å². The first-order valence-corrected chi connectivity index (χ1v) is 10.5. The van der Waals surface area contributed by atoms with Crippen molar-refractivity contribution >= 4 is 0 Å². The quantitative estimate of drug-likeness (QED) is 0.399. The highest BCUT2D eigenvalue weighted by Crippen LogP contribution is 2.34. The number of halogens is 1. The van der Waals surface area contributed by atoms with E-state index in [0.717, 1.165) is 37.5 Å². The second-order valence-electron chi connectivity index (χ2n) is 8.15. The Hall–Kier alpha value is -0.110. The predicted octanol–water partition coefficient (Wildman–Crippen LogP) is 6.84. The largest absolute Gasteiger partial charge is 0.375 e. The topological polar surface area (TPSA) is 9.23 Å². The van der Waals surface area contributed by atoms with E-state index >= 15 is 0 Å². The lowest BCUT2D eigenvalue weighted by Crippen LogP contribution is -2.22. The zero-order valence-electron chi connectivity index (χ0n) is 15.4. The van der Waals surface area contributed by atoms with Crippen LogP contribution in [0.15, 0.2) is 0 Å². The molecule has 2 heteroatoms. The van der Waals surface area contributed by atoms with Crippen molar-refractivity contribution < 1.29 is 9.13 Å². The molecule has 0 aromatic carbocycles. The van der Waals surface area contributed by atoms with Crippen LogP contribution in [-0.2, 0) is 4.74 Å². The molecular formula is C21H39FO. The Kier molecular flexibility index (Phi) is 9.56. The van der Waals surface area contributed by atoms with E-state index in [1.54, 1.807) is 0 Å². The van der Waals surface area contributed by atoms with Crippen molar-refractivity contribution in [3.8, 4) is 0 Å². The molecule has 0 radical (unpaired) electrons. The Morgan fingerprint density at radius 3 is 2.17 bits per heavy atom. The van der Waals surface area contributed by atoms with Gasteiger partial charge in [-0.3, -0.25) is 0 Å². The third-order valence-electron chi connectivity index (χ3n) is 6.14. The highest BCUT2D eigenvalue weighted by atomic mass is 19.1. The average molecular weight is 327 g/mol. The number of unbranched alkanes of at least 4 members (excludes halogenated alkanes) is 2. The number of hydrogen-bond donors (Lipinski definition) is 0. The van der Waals surface area contributed by atoms with E-state index in [0.29, 0.717) is 12.7 Å². The minimum atomic E-state index is -0.737. The molecule has 23 heavy (non-hydrogen) atoms. The smallest absolute Gasteiger partial charge is 0.123 e. The molecule has 0 bridgehead atoms. The molecule has 2 fully saturated rings. The van der Waals surface area contributed by atoms with E-state index in [9.17, 15) is 4.39 Å². The minimum absolute atomic E-state index is 0.344. The summed E-state index contributed by atoms with van der Waals surface area (Å²) >= 11 is 0. The lowest BCUT2D eigenvalue weighted by atomic mass is 9.78. The van der Waals surface area contributed by atoms with Gasteiger partial charge in [-0.05, 0) is 37.5 Å². The second kappa shape index (κ2) is 11.4. The fourth-order valence-electron chi connectivity index (χ4n) is 4.46. The fourth-order valence-corrected chi connectivity index (χ4v) is 4.46. The van der Waals surface area contributed by atoms with Gasteiger partial charge in [0.1, 0.15) is 6.17 Å². The van der Waals surface area contributed by atoms with Crippen molar-refractivity contribution in [2.24, 2.45) is 11.8 Å². The molecule has 0 aliphatic heterocycles. The molecule has 2 aliphatic carbocycles. The number of alkyl halides is 1. The number of hydrogen-bond acceptors (Lipinski definition) is 1. The number of rotatable bonds is 10. The maximum absolute atomic E-state index is 14.1. The van der Waals surface area contributed by atoms with Gasteiger partial charge in [-0.2, -0.15) is 0 Å². The molecule has 0 saturated heterocycles. The summed E-state index contributed by atoms with van der Waals surface area (Å²) in [6, 6.07) is 0. The van der Waals surface area contributed by atoms with E-state index in [-0.39, 0.29) is 0 Å². The molecule has 2 rings (SSSR count). The SMILES string of the molecule is CCCCCC1CCC(CCC(F)COC2CCCCC2)CC1. The third kappa shape index (κ3) is 8.01. The Morgan fingerprint density at radius 2 is 1.52 bits per heavy atom. The van der Waals surface area contributed by atoms with Crippen molar-refractivity contribution in [3.05, 3.63) is 0 Å². The first kappa shape index (κ1) is 19.2. The van der Waals surface area contributed by atoms with Gasteiger partial charge >= 0.3 is 0 Å². The van der Waals surface area contributed by atoms with Crippen LogP contribution < -0.4 is 0 Å². The van der Waals surface area contributed by atoms with Gasteiger partial charge < -0.3 is 4.74 Å². The summed E-state index contributed by atoms with van der Waals surface area (Å²) in [5, 5.41) is 0. The summed E-state index contributed by atoms with van der Waals surface area (Å²) in [4.78, 5) is 0. The number of ether oxygens (including phenoxy) is 1. The molecule has 0 amide bonds. The summed E-state index contributed by atoms with van der Waals surface area (Å²) in [7, 11) is 0. The molecule has 1 atom stereocenters. The van der Waals surface area contributed by atoms with Crippen molar-refractivity contribution in [1.29, 1.82) is 0 Å². The summed E-state index contributed by atoms with van der Waals surface area (Å²) in [6.45, 7) is 2.62. The first-order chi connectivity index (χ1) is 11.3. The molecule has 136 valence electrons. The fraction of sp³-hybridized carbons (Fsp3) is 1.00. The molecule has 0 aromatic rings.